The monoisotopic (exact) mass is 284 g/mol. The average molecular weight is 284 g/mol. The topological polar surface area (TPSA) is 75.7 Å². The van der Waals surface area contributed by atoms with Crippen LogP contribution in [0.5, 0.6) is 0 Å². The first kappa shape index (κ1) is 16.5. The van der Waals surface area contributed by atoms with Gasteiger partial charge in [0.2, 0.25) is 11.8 Å². The lowest BCUT2D eigenvalue weighted by Crippen LogP contribution is -2.59. The van der Waals surface area contributed by atoms with Crippen molar-refractivity contribution in [3.63, 3.8) is 0 Å². The lowest BCUT2D eigenvalue weighted by Gasteiger charge is -2.38. The number of nitrogens with one attached hydrogen (secondary N) is 1. The second kappa shape index (κ2) is 6.24. The summed E-state index contributed by atoms with van der Waals surface area (Å²) in [7, 11) is 0. The van der Waals surface area contributed by atoms with E-state index >= 15 is 0 Å². The van der Waals surface area contributed by atoms with Gasteiger partial charge in [-0.3, -0.25) is 14.4 Å². The second-order valence-electron chi connectivity index (χ2n) is 6.05. The Balaban J connectivity index is 2.99. The van der Waals surface area contributed by atoms with Crippen LogP contribution in [0.4, 0.5) is 0 Å². The van der Waals surface area contributed by atoms with Gasteiger partial charge in [-0.25, -0.2) is 0 Å². The first-order valence-electron chi connectivity index (χ1n) is 6.95. The number of piperazine rings is 1. The smallest absolute Gasteiger partial charge is 0.319 e. The van der Waals surface area contributed by atoms with Gasteiger partial charge in [0.1, 0.15) is 12.0 Å². The van der Waals surface area contributed by atoms with Gasteiger partial charge in [-0.05, 0) is 19.3 Å². The Kier molecular flexibility index (Phi) is 5.14. The highest BCUT2D eigenvalue weighted by atomic mass is 16.5. The number of rotatable bonds is 3. The molecule has 1 aliphatic heterocycles. The summed E-state index contributed by atoms with van der Waals surface area (Å²) >= 11 is 0. The maximum absolute atomic E-state index is 12.7. The summed E-state index contributed by atoms with van der Waals surface area (Å²) in [4.78, 5) is 37.9. The Labute approximate surface area is 119 Å². The summed E-state index contributed by atoms with van der Waals surface area (Å²) < 4.78 is 5.02. The van der Waals surface area contributed by atoms with Crippen LogP contribution in [-0.2, 0) is 19.1 Å². The van der Waals surface area contributed by atoms with Gasteiger partial charge in [0, 0.05) is 13.1 Å². The first-order valence-corrected chi connectivity index (χ1v) is 6.95. The van der Waals surface area contributed by atoms with Crippen LogP contribution in [-0.4, -0.2) is 48.4 Å². The second-order valence-corrected chi connectivity index (χ2v) is 6.05. The van der Waals surface area contributed by atoms with Crippen molar-refractivity contribution in [3.8, 4) is 0 Å². The maximum Gasteiger partial charge on any atom is 0.319 e. The quantitative estimate of drug-likeness (QED) is 0.607. The molecule has 0 radical (unpaired) electrons. The van der Waals surface area contributed by atoms with Gasteiger partial charge in [0.15, 0.2) is 0 Å². The van der Waals surface area contributed by atoms with Crippen molar-refractivity contribution < 1.29 is 19.1 Å². The molecule has 0 aromatic carbocycles. The third kappa shape index (κ3) is 3.49. The summed E-state index contributed by atoms with van der Waals surface area (Å²) in [6.45, 7) is 9.89. The molecule has 1 saturated heterocycles. The zero-order chi connectivity index (χ0) is 15.5. The Bertz CT molecular complexity index is 400. The predicted molar refractivity (Wildman–Crippen MR) is 73.8 cm³/mol. The molecule has 1 heterocycles. The summed E-state index contributed by atoms with van der Waals surface area (Å²) in [5, 5.41) is 2.70. The van der Waals surface area contributed by atoms with Gasteiger partial charge in [-0.1, -0.05) is 20.8 Å². The van der Waals surface area contributed by atoms with E-state index in [9.17, 15) is 14.4 Å². The minimum Gasteiger partial charge on any atom is -0.465 e. The minimum absolute atomic E-state index is 0.193. The molecule has 114 valence electrons. The molecule has 1 fully saturated rings. The minimum atomic E-state index is -0.893. The van der Waals surface area contributed by atoms with Gasteiger partial charge in [0.25, 0.3) is 0 Å². The van der Waals surface area contributed by atoms with E-state index in [1.165, 1.54) is 4.90 Å². The van der Waals surface area contributed by atoms with E-state index in [2.05, 4.69) is 5.32 Å². The molecule has 0 aromatic rings. The first-order chi connectivity index (χ1) is 9.20. The maximum atomic E-state index is 12.7. The molecule has 0 saturated carbocycles. The summed E-state index contributed by atoms with van der Waals surface area (Å²) in [6, 6.07) is -0.560. The third-order valence-corrected chi connectivity index (χ3v) is 3.42. The van der Waals surface area contributed by atoms with Crippen molar-refractivity contribution in [1.82, 2.24) is 10.2 Å². The Morgan fingerprint density at radius 2 is 2.05 bits per heavy atom. The van der Waals surface area contributed by atoms with Crippen LogP contribution in [0.3, 0.4) is 0 Å². The number of hydrogen-bond acceptors (Lipinski definition) is 4. The molecule has 2 amide bonds. The average Bonchev–Trinajstić information content (AvgIpc) is 2.31. The lowest BCUT2D eigenvalue weighted by atomic mass is 9.79. The van der Waals surface area contributed by atoms with Crippen molar-refractivity contribution in [2.75, 3.05) is 19.7 Å². The van der Waals surface area contributed by atoms with E-state index in [0.717, 1.165) is 0 Å². The molecule has 0 spiro atoms. The molecule has 6 nitrogen and oxygen atoms in total. The number of esters is 1. The van der Waals surface area contributed by atoms with E-state index in [4.69, 9.17) is 4.74 Å². The van der Waals surface area contributed by atoms with Gasteiger partial charge >= 0.3 is 5.97 Å². The van der Waals surface area contributed by atoms with Crippen molar-refractivity contribution >= 4 is 17.8 Å². The SMILES string of the molecule is CCOC(=O)C(C(=O)N1CCNC(=O)C1C)C(C)(C)C. The van der Waals surface area contributed by atoms with Crippen molar-refractivity contribution in [1.29, 1.82) is 0 Å². The van der Waals surface area contributed by atoms with E-state index in [1.54, 1.807) is 13.8 Å². The van der Waals surface area contributed by atoms with E-state index in [1.807, 2.05) is 20.8 Å². The molecule has 2 unspecified atom stereocenters. The largest absolute Gasteiger partial charge is 0.465 e. The van der Waals surface area contributed by atoms with Crippen LogP contribution >= 0.6 is 0 Å². The van der Waals surface area contributed by atoms with Crippen LogP contribution in [0, 0.1) is 11.3 Å². The van der Waals surface area contributed by atoms with Crippen molar-refractivity contribution in [2.24, 2.45) is 11.3 Å². The highest BCUT2D eigenvalue weighted by Gasteiger charge is 2.43. The molecular formula is C14H24N2O4. The molecular weight excluding hydrogens is 260 g/mol. The van der Waals surface area contributed by atoms with Crippen molar-refractivity contribution in [3.05, 3.63) is 0 Å². The molecule has 0 aliphatic carbocycles. The zero-order valence-electron chi connectivity index (χ0n) is 12.9. The number of carbonyl (C=O) groups is 3. The summed E-state index contributed by atoms with van der Waals surface area (Å²) in [5.41, 5.74) is -0.559. The molecule has 6 heteroatoms. The highest BCUT2D eigenvalue weighted by molar-refractivity contribution is 6.00. The number of nitrogens with zero attached hydrogens (tertiary/aromatic N) is 1. The Morgan fingerprint density at radius 1 is 1.45 bits per heavy atom. The number of carbonyl (C=O) groups excluding carboxylic acids is 3. The van der Waals surface area contributed by atoms with Crippen LogP contribution < -0.4 is 5.32 Å². The normalized spacial score (nSPS) is 21.1. The molecule has 0 bridgehead atoms. The molecule has 0 aromatic heterocycles. The van der Waals surface area contributed by atoms with Gasteiger partial charge < -0.3 is 15.0 Å². The highest BCUT2D eigenvalue weighted by Crippen LogP contribution is 2.30. The summed E-state index contributed by atoms with van der Waals surface area (Å²) in [6.07, 6.45) is 0. The van der Waals surface area contributed by atoms with E-state index in [-0.39, 0.29) is 18.4 Å². The van der Waals surface area contributed by atoms with E-state index in [0.29, 0.717) is 13.1 Å². The number of hydrogen-bond donors (Lipinski definition) is 1. The molecule has 1 aliphatic rings. The van der Waals surface area contributed by atoms with Gasteiger partial charge in [-0.15, -0.1) is 0 Å². The third-order valence-electron chi connectivity index (χ3n) is 3.42. The van der Waals surface area contributed by atoms with Crippen molar-refractivity contribution in [2.45, 2.75) is 40.7 Å². The Morgan fingerprint density at radius 3 is 2.55 bits per heavy atom. The molecule has 2 atom stereocenters. The fraction of sp³-hybridized carbons (Fsp3) is 0.786. The van der Waals surface area contributed by atoms with Gasteiger partial charge in [-0.2, -0.15) is 0 Å². The fourth-order valence-corrected chi connectivity index (χ4v) is 2.30. The van der Waals surface area contributed by atoms with Crippen LogP contribution in [0.1, 0.15) is 34.6 Å². The van der Waals surface area contributed by atoms with E-state index < -0.39 is 23.3 Å². The van der Waals surface area contributed by atoms with Crippen LogP contribution in [0.2, 0.25) is 0 Å². The number of ether oxygens (including phenoxy) is 1. The molecule has 1 N–H and O–H groups in total. The summed E-state index contributed by atoms with van der Waals surface area (Å²) in [5.74, 6) is -1.95. The van der Waals surface area contributed by atoms with Crippen LogP contribution in [0.25, 0.3) is 0 Å². The Hall–Kier alpha value is -1.59. The fourth-order valence-electron chi connectivity index (χ4n) is 2.30. The number of amides is 2. The predicted octanol–water partition coefficient (Wildman–Crippen LogP) is 0.559. The van der Waals surface area contributed by atoms with Gasteiger partial charge in [0.05, 0.1) is 6.61 Å². The molecule has 1 rings (SSSR count). The zero-order valence-corrected chi connectivity index (χ0v) is 12.9. The lowest BCUT2D eigenvalue weighted by molar-refractivity contribution is -0.163. The standard InChI is InChI=1S/C14H24N2O4/c1-6-20-13(19)10(14(3,4)5)12(18)16-8-7-15-11(17)9(16)2/h9-10H,6-8H2,1-5H3,(H,15,17). The van der Waals surface area contributed by atoms with Crippen LogP contribution in [0.15, 0.2) is 0 Å². The molecule has 20 heavy (non-hydrogen) atoms.